The predicted molar refractivity (Wildman–Crippen MR) is 77.4 cm³/mol. The van der Waals surface area contributed by atoms with E-state index in [0.717, 1.165) is 11.8 Å². The highest BCUT2D eigenvalue weighted by Gasteiger charge is 2.30. The van der Waals surface area contributed by atoms with Gasteiger partial charge in [0.15, 0.2) is 0 Å². The molecule has 1 amide bonds. The number of carbonyl (C=O) groups is 2. The molecule has 0 aromatic rings. The standard InChI is InChI=1S/C13H24BrNO4/c1-6-18-11(16)10(2)15(9-7-8-14)12(17)19-13(3,4)5/h10H,6-9H2,1-5H3/t10-/m0/s1. The van der Waals surface area contributed by atoms with Gasteiger partial charge in [0, 0.05) is 11.9 Å². The number of hydrogen-bond acceptors (Lipinski definition) is 4. The van der Waals surface area contributed by atoms with Gasteiger partial charge in [-0.25, -0.2) is 9.59 Å². The lowest BCUT2D eigenvalue weighted by Crippen LogP contribution is -2.46. The number of carbonyl (C=O) groups excluding carboxylic acids is 2. The molecule has 0 aliphatic rings. The van der Waals surface area contributed by atoms with Crippen LogP contribution in [0, 0.1) is 0 Å². The summed E-state index contributed by atoms with van der Waals surface area (Å²) >= 11 is 3.31. The Morgan fingerprint density at radius 3 is 2.32 bits per heavy atom. The van der Waals surface area contributed by atoms with Gasteiger partial charge in [0.2, 0.25) is 0 Å². The van der Waals surface area contributed by atoms with Crippen molar-refractivity contribution in [2.24, 2.45) is 0 Å². The van der Waals surface area contributed by atoms with Gasteiger partial charge >= 0.3 is 12.1 Å². The van der Waals surface area contributed by atoms with Crippen molar-refractivity contribution in [1.82, 2.24) is 4.90 Å². The first kappa shape index (κ1) is 18.2. The summed E-state index contributed by atoms with van der Waals surface area (Å²) in [7, 11) is 0. The number of esters is 1. The normalized spacial score (nSPS) is 12.7. The largest absolute Gasteiger partial charge is 0.464 e. The van der Waals surface area contributed by atoms with Crippen molar-refractivity contribution >= 4 is 28.0 Å². The summed E-state index contributed by atoms with van der Waals surface area (Å²) in [5.74, 6) is -0.414. The average Bonchev–Trinajstić information content (AvgIpc) is 2.27. The monoisotopic (exact) mass is 337 g/mol. The summed E-state index contributed by atoms with van der Waals surface area (Å²) in [4.78, 5) is 25.2. The molecule has 19 heavy (non-hydrogen) atoms. The lowest BCUT2D eigenvalue weighted by molar-refractivity contribution is -0.148. The van der Waals surface area contributed by atoms with E-state index < -0.39 is 23.7 Å². The minimum Gasteiger partial charge on any atom is -0.464 e. The fourth-order valence-corrected chi connectivity index (χ4v) is 1.63. The maximum atomic E-state index is 12.1. The number of hydrogen-bond donors (Lipinski definition) is 0. The summed E-state index contributed by atoms with van der Waals surface area (Å²) in [6.07, 6.45) is 0.247. The van der Waals surface area contributed by atoms with Crippen LogP contribution in [0.3, 0.4) is 0 Å². The van der Waals surface area contributed by atoms with Gasteiger partial charge in [-0.1, -0.05) is 15.9 Å². The van der Waals surface area contributed by atoms with E-state index in [-0.39, 0.29) is 0 Å². The van der Waals surface area contributed by atoms with Crippen LogP contribution in [-0.2, 0) is 14.3 Å². The molecular weight excluding hydrogens is 314 g/mol. The van der Waals surface area contributed by atoms with Crippen LogP contribution in [0.2, 0.25) is 0 Å². The highest BCUT2D eigenvalue weighted by atomic mass is 79.9. The smallest absolute Gasteiger partial charge is 0.411 e. The molecule has 0 bridgehead atoms. The minimum absolute atomic E-state index is 0.295. The van der Waals surface area contributed by atoms with Gasteiger partial charge in [-0.2, -0.15) is 0 Å². The summed E-state index contributed by atoms with van der Waals surface area (Å²) in [6.45, 7) is 9.51. The average molecular weight is 338 g/mol. The van der Waals surface area contributed by atoms with Crippen molar-refractivity contribution in [3.8, 4) is 0 Å². The first-order chi connectivity index (χ1) is 8.72. The van der Waals surface area contributed by atoms with Crippen LogP contribution in [0.4, 0.5) is 4.79 Å². The fourth-order valence-electron chi connectivity index (χ4n) is 1.38. The second-order valence-electron chi connectivity index (χ2n) is 5.14. The molecule has 0 rings (SSSR count). The van der Waals surface area contributed by atoms with Crippen LogP contribution >= 0.6 is 15.9 Å². The second kappa shape index (κ2) is 8.40. The second-order valence-corrected chi connectivity index (χ2v) is 5.94. The Labute approximate surface area is 123 Å². The number of rotatable bonds is 6. The fraction of sp³-hybridized carbons (Fsp3) is 0.846. The molecule has 0 aliphatic heterocycles. The Hall–Kier alpha value is -0.780. The third-order valence-corrected chi connectivity index (χ3v) is 2.82. The lowest BCUT2D eigenvalue weighted by Gasteiger charge is -2.30. The SMILES string of the molecule is CCOC(=O)[C@H](C)N(CCCBr)C(=O)OC(C)(C)C. The Balaban J connectivity index is 4.78. The van der Waals surface area contributed by atoms with Crippen LogP contribution in [0.25, 0.3) is 0 Å². The first-order valence-corrected chi connectivity index (χ1v) is 7.57. The summed E-state index contributed by atoms with van der Waals surface area (Å²) < 4.78 is 10.3. The van der Waals surface area contributed by atoms with Crippen molar-refractivity contribution in [1.29, 1.82) is 0 Å². The molecule has 0 radical (unpaired) electrons. The molecule has 6 heteroatoms. The Morgan fingerprint density at radius 2 is 1.89 bits per heavy atom. The first-order valence-electron chi connectivity index (χ1n) is 6.45. The zero-order valence-electron chi connectivity index (χ0n) is 12.4. The molecule has 5 nitrogen and oxygen atoms in total. The number of halogens is 1. The third-order valence-electron chi connectivity index (χ3n) is 2.26. The molecule has 0 spiro atoms. The van der Waals surface area contributed by atoms with Gasteiger partial charge in [-0.05, 0) is 41.0 Å². The molecule has 0 unspecified atom stereocenters. The van der Waals surface area contributed by atoms with Crippen molar-refractivity contribution in [2.75, 3.05) is 18.5 Å². The van der Waals surface area contributed by atoms with Crippen LogP contribution in [0.1, 0.15) is 41.0 Å². The van der Waals surface area contributed by atoms with Crippen molar-refractivity contribution in [3.63, 3.8) is 0 Å². The zero-order chi connectivity index (χ0) is 15.1. The molecule has 0 aromatic carbocycles. The van der Waals surface area contributed by atoms with Gasteiger partial charge < -0.3 is 9.47 Å². The third kappa shape index (κ3) is 7.40. The summed E-state index contributed by atoms with van der Waals surface area (Å²) in [5.41, 5.74) is -0.585. The van der Waals surface area contributed by atoms with Gasteiger partial charge in [-0.15, -0.1) is 0 Å². The highest BCUT2D eigenvalue weighted by Crippen LogP contribution is 2.13. The Kier molecular flexibility index (Phi) is 8.06. The van der Waals surface area contributed by atoms with Crippen LogP contribution in [0.15, 0.2) is 0 Å². The molecule has 0 saturated carbocycles. The van der Waals surface area contributed by atoms with E-state index in [1.165, 1.54) is 4.90 Å². The molecule has 112 valence electrons. The van der Waals surface area contributed by atoms with Crippen molar-refractivity contribution in [2.45, 2.75) is 52.7 Å². The zero-order valence-corrected chi connectivity index (χ0v) is 13.9. The summed E-state index contributed by atoms with van der Waals surface area (Å²) in [6, 6.07) is -0.645. The van der Waals surface area contributed by atoms with Gasteiger partial charge in [0.1, 0.15) is 11.6 Å². The highest BCUT2D eigenvalue weighted by molar-refractivity contribution is 9.09. The minimum atomic E-state index is -0.645. The maximum absolute atomic E-state index is 12.1. The van der Waals surface area contributed by atoms with Gasteiger partial charge in [0.25, 0.3) is 0 Å². The number of nitrogens with zero attached hydrogens (tertiary/aromatic N) is 1. The molecule has 0 saturated heterocycles. The molecule has 0 heterocycles. The maximum Gasteiger partial charge on any atom is 0.411 e. The van der Waals surface area contributed by atoms with E-state index >= 15 is 0 Å². The molecule has 0 aromatic heterocycles. The van der Waals surface area contributed by atoms with E-state index in [9.17, 15) is 9.59 Å². The quantitative estimate of drug-likeness (QED) is 0.552. The number of amides is 1. The van der Waals surface area contributed by atoms with E-state index in [1.54, 1.807) is 34.6 Å². The topological polar surface area (TPSA) is 55.8 Å². The molecule has 0 aliphatic carbocycles. The molecule has 1 atom stereocenters. The van der Waals surface area contributed by atoms with Crippen molar-refractivity contribution in [3.05, 3.63) is 0 Å². The summed E-state index contributed by atoms with van der Waals surface area (Å²) in [5, 5.41) is 0.752. The molecule has 0 N–H and O–H groups in total. The van der Waals surface area contributed by atoms with Crippen LogP contribution < -0.4 is 0 Å². The van der Waals surface area contributed by atoms with E-state index in [1.807, 2.05) is 0 Å². The van der Waals surface area contributed by atoms with E-state index in [0.29, 0.717) is 13.2 Å². The number of ether oxygens (including phenoxy) is 2. The van der Waals surface area contributed by atoms with E-state index in [2.05, 4.69) is 15.9 Å². The van der Waals surface area contributed by atoms with Gasteiger partial charge in [0.05, 0.1) is 6.61 Å². The molecular formula is C13H24BrNO4. The lowest BCUT2D eigenvalue weighted by atomic mass is 10.2. The number of alkyl halides is 1. The van der Waals surface area contributed by atoms with Crippen LogP contribution in [-0.4, -0.2) is 47.1 Å². The van der Waals surface area contributed by atoms with Gasteiger partial charge in [-0.3, -0.25) is 4.90 Å². The van der Waals surface area contributed by atoms with Crippen molar-refractivity contribution < 1.29 is 19.1 Å². The van der Waals surface area contributed by atoms with E-state index in [4.69, 9.17) is 9.47 Å². The molecule has 0 fully saturated rings. The Bertz CT molecular complexity index is 302. The van der Waals surface area contributed by atoms with Crippen LogP contribution in [0.5, 0.6) is 0 Å². The predicted octanol–water partition coefficient (Wildman–Crippen LogP) is 2.96. The Morgan fingerprint density at radius 1 is 1.32 bits per heavy atom.